The summed E-state index contributed by atoms with van der Waals surface area (Å²) in [6, 6.07) is 10.6. The fourth-order valence-electron chi connectivity index (χ4n) is 2.84. The van der Waals surface area contributed by atoms with Gasteiger partial charge in [-0.1, -0.05) is 11.6 Å². The third-order valence-corrected chi connectivity index (χ3v) is 5.60. The van der Waals surface area contributed by atoms with Crippen LogP contribution in [0, 0.1) is 0 Å². The van der Waals surface area contributed by atoms with Gasteiger partial charge in [-0.3, -0.25) is 9.59 Å². The highest BCUT2D eigenvalue weighted by Crippen LogP contribution is 2.24. The predicted octanol–water partition coefficient (Wildman–Crippen LogP) is 3.11. The van der Waals surface area contributed by atoms with Crippen LogP contribution in [0.3, 0.4) is 0 Å². The maximum atomic E-state index is 12.1. The fourth-order valence-corrected chi connectivity index (χ4v) is 3.98. The Morgan fingerprint density at radius 3 is 2.55 bits per heavy atom. The highest BCUT2D eigenvalue weighted by molar-refractivity contribution is 7.16. The molecule has 0 unspecified atom stereocenters. The maximum absolute atomic E-state index is 12.1. The Bertz CT molecular complexity index is 883. The monoisotopic (exact) mass is 436 g/mol. The summed E-state index contributed by atoms with van der Waals surface area (Å²) in [5.41, 5.74) is 0.808. The summed E-state index contributed by atoms with van der Waals surface area (Å²) in [7, 11) is 1.63. The number of likely N-dealkylation sites (N-methyl/N-ethyl adjacent to an activating group) is 1. The number of rotatable bonds is 8. The first kappa shape index (κ1) is 21.1. The predicted molar refractivity (Wildman–Crippen MR) is 110 cm³/mol. The molecule has 1 aliphatic heterocycles. The second-order valence-electron chi connectivity index (χ2n) is 6.55. The van der Waals surface area contributed by atoms with Gasteiger partial charge in [0, 0.05) is 30.6 Å². The summed E-state index contributed by atoms with van der Waals surface area (Å²) >= 11 is 7.27. The van der Waals surface area contributed by atoms with E-state index in [9.17, 15) is 14.4 Å². The van der Waals surface area contributed by atoms with E-state index in [1.54, 1.807) is 42.3 Å². The molecule has 2 amide bonds. The summed E-state index contributed by atoms with van der Waals surface area (Å²) in [6.45, 7) is 0.455. The number of thiophene rings is 1. The minimum Gasteiger partial charge on any atom is -0.482 e. The molecule has 0 N–H and O–H groups in total. The van der Waals surface area contributed by atoms with Crippen molar-refractivity contribution in [2.75, 3.05) is 31.7 Å². The lowest BCUT2D eigenvalue weighted by Gasteiger charge is -2.16. The minimum atomic E-state index is -0.635. The van der Waals surface area contributed by atoms with Crippen molar-refractivity contribution in [3.8, 4) is 5.75 Å². The third kappa shape index (κ3) is 5.95. The van der Waals surface area contributed by atoms with E-state index in [1.807, 2.05) is 6.07 Å². The molecule has 0 spiro atoms. The van der Waals surface area contributed by atoms with Crippen LogP contribution in [0.4, 0.5) is 5.69 Å². The lowest BCUT2D eigenvalue weighted by molar-refractivity contribution is -0.153. The Hall–Kier alpha value is -2.58. The molecular weight excluding hydrogens is 416 g/mol. The molecule has 1 aliphatic rings. The van der Waals surface area contributed by atoms with Gasteiger partial charge in [-0.2, -0.15) is 0 Å². The summed E-state index contributed by atoms with van der Waals surface area (Å²) in [5, 5.41) is 0. The van der Waals surface area contributed by atoms with E-state index in [0.29, 0.717) is 29.6 Å². The summed E-state index contributed by atoms with van der Waals surface area (Å²) in [6.07, 6.45) is 1.43. The number of hydrogen-bond donors (Lipinski definition) is 0. The zero-order valence-corrected chi connectivity index (χ0v) is 17.5. The molecular formula is C20H21ClN2O5S. The molecule has 154 valence electrons. The van der Waals surface area contributed by atoms with Crippen LogP contribution in [0.5, 0.6) is 5.75 Å². The van der Waals surface area contributed by atoms with Crippen LogP contribution in [-0.4, -0.2) is 49.5 Å². The van der Waals surface area contributed by atoms with Crippen LogP contribution < -0.4 is 9.64 Å². The Kier molecular flexibility index (Phi) is 7.11. The second kappa shape index (κ2) is 9.76. The smallest absolute Gasteiger partial charge is 0.344 e. The standard InChI is InChI=1S/C20H21ClN2O5S/c1-22(11-16-8-9-17(21)29-16)19(25)12-28-20(26)13-27-15-6-4-14(5-7-15)23-10-2-3-18(23)24/h4-9H,2-3,10-13H2,1H3. The van der Waals surface area contributed by atoms with Gasteiger partial charge in [0.2, 0.25) is 5.91 Å². The lowest BCUT2D eigenvalue weighted by atomic mass is 10.3. The molecule has 0 atom stereocenters. The molecule has 0 radical (unpaired) electrons. The number of amides is 2. The number of hydrogen-bond acceptors (Lipinski definition) is 6. The molecule has 0 bridgehead atoms. The Morgan fingerprint density at radius 1 is 1.17 bits per heavy atom. The lowest BCUT2D eigenvalue weighted by Crippen LogP contribution is -2.31. The first-order valence-corrected chi connectivity index (χ1v) is 10.3. The van der Waals surface area contributed by atoms with Crippen LogP contribution in [0.25, 0.3) is 0 Å². The van der Waals surface area contributed by atoms with Gasteiger partial charge in [0.05, 0.1) is 10.9 Å². The molecule has 9 heteroatoms. The zero-order chi connectivity index (χ0) is 20.8. The SMILES string of the molecule is CN(Cc1ccc(Cl)s1)C(=O)COC(=O)COc1ccc(N2CCCC2=O)cc1. The number of nitrogens with zero attached hydrogens (tertiary/aromatic N) is 2. The summed E-state index contributed by atoms with van der Waals surface area (Å²) in [5.74, 6) is -0.360. The van der Waals surface area contributed by atoms with Gasteiger partial charge in [-0.05, 0) is 42.8 Å². The normalized spacial score (nSPS) is 13.4. The largest absolute Gasteiger partial charge is 0.482 e. The quantitative estimate of drug-likeness (QED) is 0.594. The number of ether oxygens (including phenoxy) is 2. The van der Waals surface area contributed by atoms with Crippen molar-refractivity contribution in [3.05, 3.63) is 45.6 Å². The van der Waals surface area contributed by atoms with E-state index in [1.165, 1.54) is 16.2 Å². The first-order valence-electron chi connectivity index (χ1n) is 9.09. The van der Waals surface area contributed by atoms with Crippen molar-refractivity contribution in [1.82, 2.24) is 4.90 Å². The Balaban J connectivity index is 1.39. The van der Waals surface area contributed by atoms with Crippen molar-refractivity contribution in [2.24, 2.45) is 0 Å². The van der Waals surface area contributed by atoms with Crippen LogP contribution in [0.1, 0.15) is 17.7 Å². The second-order valence-corrected chi connectivity index (χ2v) is 8.35. The topological polar surface area (TPSA) is 76.2 Å². The molecule has 1 saturated heterocycles. The first-order chi connectivity index (χ1) is 13.9. The molecule has 0 aliphatic carbocycles. The number of carbonyl (C=O) groups excluding carboxylic acids is 3. The number of carbonyl (C=O) groups is 3. The van der Waals surface area contributed by atoms with Gasteiger partial charge < -0.3 is 19.3 Å². The molecule has 0 saturated carbocycles. The van der Waals surface area contributed by atoms with E-state index in [0.717, 1.165) is 17.0 Å². The molecule has 2 heterocycles. The maximum Gasteiger partial charge on any atom is 0.344 e. The van der Waals surface area contributed by atoms with Crippen LogP contribution in [-0.2, 0) is 25.7 Å². The van der Waals surface area contributed by atoms with Crippen molar-refractivity contribution in [1.29, 1.82) is 0 Å². The van der Waals surface area contributed by atoms with Crippen molar-refractivity contribution in [2.45, 2.75) is 19.4 Å². The summed E-state index contributed by atoms with van der Waals surface area (Å²) < 4.78 is 11.0. The van der Waals surface area contributed by atoms with Gasteiger partial charge in [0.25, 0.3) is 5.91 Å². The van der Waals surface area contributed by atoms with Gasteiger partial charge in [0.15, 0.2) is 13.2 Å². The van der Waals surface area contributed by atoms with E-state index in [4.69, 9.17) is 21.1 Å². The molecule has 2 aromatic rings. The number of benzene rings is 1. The molecule has 7 nitrogen and oxygen atoms in total. The molecule has 1 aromatic heterocycles. The van der Waals surface area contributed by atoms with E-state index in [2.05, 4.69) is 0 Å². The summed E-state index contributed by atoms with van der Waals surface area (Å²) in [4.78, 5) is 39.8. The highest BCUT2D eigenvalue weighted by atomic mass is 35.5. The van der Waals surface area contributed by atoms with Gasteiger partial charge in [-0.15, -0.1) is 11.3 Å². The average molecular weight is 437 g/mol. The van der Waals surface area contributed by atoms with E-state index >= 15 is 0 Å². The van der Waals surface area contributed by atoms with Crippen molar-refractivity contribution >= 4 is 46.4 Å². The van der Waals surface area contributed by atoms with Gasteiger partial charge in [-0.25, -0.2) is 4.79 Å². The van der Waals surface area contributed by atoms with Crippen molar-refractivity contribution < 1.29 is 23.9 Å². The minimum absolute atomic E-state index is 0.110. The Labute approximate surface area is 177 Å². The molecule has 1 aromatic carbocycles. The van der Waals surface area contributed by atoms with Crippen LogP contribution in [0.2, 0.25) is 4.34 Å². The number of halogens is 1. The average Bonchev–Trinajstić information content (AvgIpc) is 3.32. The Morgan fingerprint density at radius 2 is 1.93 bits per heavy atom. The fraction of sp³-hybridized carbons (Fsp3) is 0.350. The van der Waals surface area contributed by atoms with Crippen LogP contribution >= 0.6 is 22.9 Å². The molecule has 29 heavy (non-hydrogen) atoms. The van der Waals surface area contributed by atoms with Crippen LogP contribution in [0.15, 0.2) is 36.4 Å². The highest BCUT2D eigenvalue weighted by Gasteiger charge is 2.21. The third-order valence-electron chi connectivity index (χ3n) is 4.38. The zero-order valence-electron chi connectivity index (χ0n) is 15.9. The molecule has 1 fully saturated rings. The number of anilines is 1. The molecule has 3 rings (SSSR count). The van der Waals surface area contributed by atoms with Gasteiger partial charge >= 0.3 is 5.97 Å². The van der Waals surface area contributed by atoms with E-state index in [-0.39, 0.29) is 25.0 Å². The van der Waals surface area contributed by atoms with E-state index < -0.39 is 5.97 Å². The van der Waals surface area contributed by atoms with Crippen molar-refractivity contribution in [3.63, 3.8) is 0 Å². The number of esters is 1. The van der Waals surface area contributed by atoms with Gasteiger partial charge in [0.1, 0.15) is 5.75 Å².